The summed E-state index contributed by atoms with van der Waals surface area (Å²) in [6.07, 6.45) is 2.12. The molecule has 1 unspecified atom stereocenters. The van der Waals surface area contributed by atoms with Crippen LogP contribution in [0.4, 0.5) is 0 Å². The molecule has 0 saturated heterocycles. The molecule has 13 heavy (non-hydrogen) atoms. The summed E-state index contributed by atoms with van der Waals surface area (Å²) in [6, 6.07) is 0. The molecule has 2 N–H and O–H groups in total. The van der Waals surface area contributed by atoms with Crippen molar-refractivity contribution in [2.75, 3.05) is 0 Å². The van der Waals surface area contributed by atoms with Gasteiger partial charge in [0.1, 0.15) is 5.54 Å². The predicted molar refractivity (Wildman–Crippen MR) is 47.2 cm³/mol. The van der Waals surface area contributed by atoms with Crippen LogP contribution >= 0.6 is 0 Å². The first-order chi connectivity index (χ1) is 6.00. The molecule has 0 radical (unpaired) electrons. The van der Waals surface area contributed by atoms with Crippen molar-refractivity contribution in [2.45, 2.75) is 38.6 Å². The third-order valence-corrected chi connectivity index (χ3v) is 2.56. The van der Waals surface area contributed by atoms with Crippen molar-refractivity contribution in [1.29, 1.82) is 0 Å². The van der Waals surface area contributed by atoms with Crippen LogP contribution in [0, 0.1) is 5.92 Å². The van der Waals surface area contributed by atoms with E-state index in [1.165, 1.54) is 0 Å². The van der Waals surface area contributed by atoms with E-state index in [0.29, 0.717) is 6.42 Å². The number of hydrogen-bond donors (Lipinski definition) is 2. The topological polar surface area (TPSA) is 66.4 Å². The first-order valence-electron chi connectivity index (χ1n) is 4.55. The Morgan fingerprint density at radius 3 is 2.38 bits per heavy atom. The zero-order chi connectivity index (χ0) is 10.1. The number of nitrogens with one attached hydrogen (secondary N) is 1. The molecule has 1 amide bonds. The Labute approximate surface area is 77.3 Å². The fraction of sp³-hybridized carbons (Fsp3) is 0.778. The van der Waals surface area contributed by atoms with Crippen LogP contribution in [0.3, 0.4) is 0 Å². The minimum absolute atomic E-state index is 0.112. The third kappa shape index (κ3) is 1.99. The van der Waals surface area contributed by atoms with Crippen molar-refractivity contribution < 1.29 is 14.7 Å². The maximum atomic E-state index is 11.1. The van der Waals surface area contributed by atoms with Crippen molar-refractivity contribution in [3.63, 3.8) is 0 Å². The highest BCUT2D eigenvalue weighted by Crippen LogP contribution is 2.39. The molecule has 1 aliphatic carbocycles. The largest absolute Gasteiger partial charge is 0.480 e. The summed E-state index contributed by atoms with van der Waals surface area (Å²) in [6.45, 7) is 3.30. The standard InChI is InChI=1S/C9H15NO3/c1-3-7(11)10-9(2,8(12)13)6-4-5-6/h6H,3-5H2,1-2H3,(H,10,11)(H,12,13). The molecule has 0 aromatic rings. The Hall–Kier alpha value is -1.06. The number of aliphatic carboxylic acids is 1. The molecule has 0 bridgehead atoms. The van der Waals surface area contributed by atoms with Crippen molar-refractivity contribution in [3.8, 4) is 0 Å². The number of rotatable bonds is 4. The lowest BCUT2D eigenvalue weighted by Gasteiger charge is -2.25. The van der Waals surface area contributed by atoms with E-state index in [4.69, 9.17) is 5.11 Å². The lowest BCUT2D eigenvalue weighted by Crippen LogP contribution is -2.53. The van der Waals surface area contributed by atoms with E-state index >= 15 is 0 Å². The number of carboxylic acids is 1. The predicted octanol–water partition coefficient (Wildman–Crippen LogP) is 0.766. The zero-order valence-electron chi connectivity index (χ0n) is 7.96. The Bertz CT molecular complexity index is 235. The zero-order valence-corrected chi connectivity index (χ0v) is 7.96. The summed E-state index contributed by atoms with van der Waals surface area (Å²) < 4.78 is 0. The van der Waals surface area contributed by atoms with Crippen LogP contribution in [0.25, 0.3) is 0 Å². The highest BCUT2D eigenvalue weighted by Gasteiger charge is 2.48. The average Bonchev–Trinajstić information content (AvgIpc) is 2.85. The van der Waals surface area contributed by atoms with Crippen LogP contribution in [0.2, 0.25) is 0 Å². The van der Waals surface area contributed by atoms with Gasteiger partial charge in [-0.3, -0.25) is 4.79 Å². The maximum absolute atomic E-state index is 11.1. The monoisotopic (exact) mass is 185 g/mol. The summed E-state index contributed by atoms with van der Waals surface area (Å²) in [5.74, 6) is -1.02. The molecule has 1 saturated carbocycles. The Morgan fingerprint density at radius 2 is 2.08 bits per heavy atom. The molecule has 1 rings (SSSR count). The fourth-order valence-electron chi connectivity index (χ4n) is 1.37. The second-order valence-electron chi connectivity index (χ2n) is 3.68. The van der Waals surface area contributed by atoms with Gasteiger partial charge in [0.15, 0.2) is 0 Å². The Balaban J connectivity index is 2.67. The van der Waals surface area contributed by atoms with Gasteiger partial charge in [-0.25, -0.2) is 4.79 Å². The van der Waals surface area contributed by atoms with Gasteiger partial charge in [-0.1, -0.05) is 6.92 Å². The van der Waals surface area contributed by atoms with Gasteiger partial charge >= 0.3 is 5.97 Å². The van der Waals surface area contributed by atoms with E-state index in [0.717, 1.165) is 12.8 Å². The SMILES string of the molecule is CCC(=O)NC(C)(C(=O)O)C1CC1. The fourth-order valence-corrected chi connectivity index (χ4v) is 1.37. The van der Waals surface area contributed by atoms with Gasteiger partial charge in [0.25, 0.3) is 0 Å². The quantitative estimate of drug-likeness (QED) is 0.679. The molecular weight excluding hydrogens is 170 g/mol. The molecule has 1 atom stereocenters. The van der Waals surface area contributed by atoms with Gasteiger partial charge in [-0.15, -0.1) is 0 Å². The molecule has 4 nitrogen and oxygen atoms in total. The normalized spacial score (nSPS) is 20.5. The number of carbonyl (C=O) groups excluding carboxylic acids is 1. The lowest BCUT2D eigenvalue weighted by molar-refractivity contribution is -0.147. The smallest absolute Gasteiger partial charge is 0.329 e. The minimum atomic E-state index is -1.05. The summed E-state index contributed by atoms with van der Waals surface area (Å²) >= 11 is 0. The van der Waals surface area contributed by atoms with Gasteiger partial charge in [0.2, 0.25) is 5.91 Å². The van der Waals surface area contributed by atoms with Crippen LogP contribution in [0.1, 0.15) is 33.1 Å². The average molecular weight is 185 g/mol. The van der Waals surface area contributed by atoms with Crippen molar-refractivity contribution >= 4 is 11.9 Å². The van der Waals surface area contributed by atoms with E-state index in [2.05, 4.69) is 5.32 Å². The molecule has 0 heterocycles. The molecular formula is C9H15NO3. The minimum Gasteiger partial charge on any atom is -0.480 e. The van der Waals surface area contributed by atoms with E-state index in [1.807, 2.05) is 0 Å². The molecule has 4 heteroatoms. The summed E-state index contributed by atoms with van der Waals surface area (Å²) in [5.41, 5.74) is -1.05. The van der Waals surface area contributed by atoms with Gasteiger partial charge in [-0.05, 0) is 25.7 Å². The van der Waals surface area contributed by atoms with Crippen molar-refractivity contribution in [1.82, 2.24) is 5.32 Å². The second kappa shape index (κ2) is 3.36. The van der Waals surface area contributed by atoms with Gasteiger partial charge in [-0.2, -0.15) is 0 Å². The number of hydrogen-bond acceptors (Lipinski definition) is 2. The summed E-state index contributed by atoms with van der Waals surface area (Å²) in [5, 5.41) is 11.5. The van der Waals surface area contributed by atoms with E-state index in [-0.39, 0.29) is 11.8 Å². The van der Waals surface area contributed by atoms with Crippen LogP contribution < -0.4 is 5.32 Å². The number of carbonyl (C=O) groups is 2. The lowest BCUT2D eigenvalue weighted by atomic mass is 9.96. The maximum Gasteiger partial charge on any atom is 0.329 e. The van der Waals surface area contributed by atoms with Crippen LogP contribution in [0.5, 0.6) is 0 Å². The van der Waals surface area contributed by atoms with E-state index in [1.54, 1.807) is 13.8 Å². The molecule has 1 fully saturated rings. The summed E-state index contributed by atoms with van der Waals surface area (Å²) in [4.78, 5) is 22.0. The Kier molecular flexibility index (Phi) is 2.59. The highest BCUT2D eigenvalue weighted by molar-refractivity contribution is 5.87. The molecule has 0 aliphatic heterocycles. The number of amides is 1. The second-order valence-corrected chi connectivity index (χ2v) is 3.68. The molecule has 0 spiro atoms. The van der Waals surface area contributed by atoms with Gasteiger partial charge in [0.05, 0.1) is 0 Å². The first-order valence-corrected chi connectivity index (χ1v) is 4.55. The van der Waals surface area contributed by atoms with E-state index in [9.17, 15) is 9.59 Å². The molecule has 0 aromatic heterocycles. The Morgan fingerprint density at radius 1 is 1.54 bits per heavy atom. The highest BCUT2D eigenvalue weighted by atomic mass is 16.4. The van der Waals surface area contributed by atoms with Crippen LogP contribution in [-0.4, -0.2) is 22.5 Å². The third-order valence-electron chi connectivity index (χ3n) is 2.56. The molecule has 0 aromatic carbocycles. The van der Waals surface area contributed by atoms with Crippen LogP contribution in [-0.2, 0) is 9.59 Å². The van der Waals surface area contributed by atoms with Crippen LogP contribution in [0.15, 0.2) is 0 Å². The van der Waals surface area contributed by atoms with Crippen molar-refractivity contribution in [2.24, 2.45) is 5.92 Å². The molecule has 1 aliphatic rings. The van der Waals surface area contributed by atoms with Crippen molar-refractivity contribution in [3.05, 3.63) is 0 Å². The molecule has 74 valence electrons. The first kappa shape index (κ1) is 10.0. The summed E-state index contributed by atoms with van der Waals surface area (Å²) in [7, 11) is 0. The van der Waals surface area contributed by atoms with E-state index < -0.39 is 11.5 Å². The van der Waals surface area contributed by atoms with Gasteiger partial charge in [0, 0.05) is 6.42 Å². The van der Waals surface area contributed by atoms with Gasteiger partial charge < -0.3 is 10.4 Å². The number of carboxylic acid groups (broad SMARTS) is 1.